The van der Waals surface area contributed by atoms with Gasteiger partial charge in [-0.25, -0.2) is 4.98 Å². The maximum absolute atomic E-state index is 13.2. The van der Waals surface area contributed by atoms with E-state index in [0.29, 0.717) is 48.7 Å². The lowest BCUT2D eigenvalue weighted by atomic mass is 10.1. The standard InChI is InChI=1S/C22H28N6O3/c1-14(2)28-21(30)19-18(15(3)24-25(19)4)23-22(28)27-12-10-26(11-13-27)20(29)16-6-8-17(31-5)9-7-16/h6-9,14H,10-13H2,1-5H3. The van der Waals surface area contributed by atoms with Crippen molar-refractivity contribution < 1.29 is 9.53 Å². The summed E-state index contributed by atoms with van der Waals surface area (Å²) in [5, 5.41) is 4.38. The zero-order valence-electron chi connectivity index (χ0n) is 18.6. The summed E-state index contributed by atoms with van der Waals surface area (Å²) in [6.07, 6.45) is 0. The number of aromatic nitrogens is 4. The first-order valence-corrected chi connectivity index (χ1v) is 10.5. The van der Waals surface area contributed by atoms with Gasteiger partial charge in [0.15, 0.2) is 5.52 Å². The minimum absolute atomic E-state index is 0.00457. The number of benzene rings is 1. The number of nitrogens with zero attached hydrogens (tertiary/aromatic N) is 6. The van der Waals surface area contributed by atoms with Crippen LogP contribution < -0.4 is 15.2 Å². The summed E-state index contributed by atoms with van der Waals surface area (Å²) in [6, 6.07) is 7.10. The second-order valence-electron chi connectivity index (χ2n) is 8.09. The van der Waals surface area contributed by atoms with Gasteiger partial charge in [-0.1, -0.05) is 0 Å². The summed E-state index contributed by atoms with van der Waals surface area (Å²) in [6.45, 7) is 8.14. The van der Waals surface area contributed by atoms with E-state index in [9.17, 15) is 9.59 Å². The van der Waals surface area contributed by atoms with Crippen LogP contribution in [0.25, 0.3) is 11.0 Å². The summed E-state index contributed by atoms with van der Waals surface area (Å²) in [7, 11) is 3.37. The Morgan fingerprint density at radius 3 is 2.32 bits per heavy atom. The number of piperazine rings is 1. The zero-order chi connectivity index (χ0) is 22.3. The Hall–Kier alpha value is -3.36. The van der Waals surface area contributed by atoms with Crippen molar-refractivity contribution in [3.8, 4) is 5.75 Å². The summed E-state index contributed by atoms with van der Waals surface area (Å²) in [5.74, 6) is 1.36. The van der Waals surface area contributed by atoms with Gasteiger partial charge in [0.1, 0.15) is 11.3 Å². The van der Waals surface area contributed by atoms with Crippen molar-refractivity contribution in [1.29, 1.82) is 0 Å². The third kappa shape index (κ3) is 3.64. The monoisotopic (exact) mass is 424 g/mol. The van der Waals surface area contributed by atoms with E-state index in [2.05, 4.69) is 10.00 Å². The first-order chi connectivity index (χ1) is 14.8. The number of fused-ring (bicyclic) bond motifs is 1. The van der Waals surface area contributed by atoms with E-state index in [-0.39, 0.29) is 17.5 Å². The molecule has 1 aromatic carbocycles. The lowest BCUT2D eigenvalue weighted by molar-refractivity contribution is 0.0746. The molecule has 3 heterocycles. The molecule has 1 fully saturated rings. The molecule has 0 aliphatic carbocycles. The number of methoxy groups -OCH3 is 1. The van der Waals surface area contributed by atoms with Gasteiger partial charge in [-0.2, -0.15) is 5.10 Å². The predicted octanol–water partition coefficient (Wildman–Crippen LogP) is 1.99. The van der Waals surface area contributed by atoms with Crippen molar-refractivity contribution in [1.82, 2.24) is 24.2 Å². The van der Waals surface area contributed by atoms with Gasteiger partial charge < -0.3 is 14.5 Å². The average molecular weight is 425 g/mol. The highest BCUT2D eigenvalue weighted by Crippen LogP contribution is 2.22. The molecule has 4 rings (SSSR count). The molecule has 0 spiro atoms. The number of hydrogen-bond donors (Lipinski definition) is 0. The smallest absolute Gasteiger partial charge is 0.281 e. The molecule has 0 radical (unpaired) electrons. The summed E-state index contributed by atoms with van der Waals surface area (Å²) in [5.41, 5.74) is 2.44. The van der Waals surface area contributed by atoms with Gasteiger partial charge >= 0.3 is 0 Å². The lowest BCUT2D eigenvalue weighted by Gasteiger charge is -2.36. The second-order valence-corrected chi connectivity index (χ2v) is 8.09. The molecule has 9 heteroatoms. The van der Waals surface area contributed by atoms with Gasteiger partial charge in [0, 0.05) is 44.8 Å². The second kappa shape index (κ2) is 8.05. The number of aryl methyl sites for hydroxylation is 2. The van der Waals surface area contributed by atoms with Crippen LogP contribution in [0, 0.1) is 6.92 Å². The van der Waals surface area contributed by atoms with Gasteiger partial charge in [-0.3, -0.25) is 18.8 Å². The van der Waals surface area contributed by atoms with E-state index < -0.39 is 0 Å². The maximum Gasteiger partial charge on any atom is 0.281 e. The van der Waals surface area contributed by atoms with E-state index in [1.165, 1.54) is 0 Å². The molecule has 0 unspecified atom stereocenters. The average Bonchev–Trinajstić information content (AvgIpc) is 3.06. The maximum atomic E-state index is 13.2. The first-order valence-electron chi connectivity index (χ1n) is 10.5. The number of ether oxygens (including phenoxy) is 1. The molecule has 9 nitrogen and oxygen atoms in total. The van der Waals surface area contributed by atoms with Crippen LogP contribution in [0.4, 0.5) is 5.95 Å². The van der Waals surface area contributed by atoms with E-state index in [0.717, 1.165) is 11.4 Å². The molecule has 1 aliphatic rings. The quantitative estimate of drug-likeness (QED) is 0.637. The van der Waals surface area contributed by atoms with Crippen LogP contribution in [-0.4, -0.2) is 63.4 Å². The molecule has 1 amide bonds. The highest BCUT2D eigenvalue weighted by Gasteiger charge is 2.27. The molecule has 2 aromatic heterocycles. The molecular weight excluding hydrogens is 396 g/mol. The number of carbonyl (C=O) groups is 1. The molecular formula is C22H28N6O3. The Bertz CT molecular complexity index is 1170. The minimum Gasteiger partial charge on any atom is -0.497 e. The molecule has 1 saturated heterocycles. The highest BCUT2D eigenvalue weighted by molar-refractivity contribution is 5.94. The van der Waals surface area contributed by atoms with Gasteiger partial charge in [0.25, 0.3) is 11.5 Å². The minimum atomic E-state index is -0.0881. The van der Waals surface area contributed by atoms with Crippen molar-refractivity contribution in [3.05, 3.63) is 45.9 Å². The molecule has 0 bridgehead atoms. The Morgan fingerprint density at radius 1 is 1.10 bits per heavy atom. The third-order valence-electron chi connectivity index (χ3n) is 5.74. The summed E-state index contributed by atoms with van der Waals surface area (Å²) in [4.78, 5) is 34.9. The van der Waals surface area contributed by atoms with E-state index in [1.54, 1.807) is 47.7 Å². The van der Waals surface area contributed by atoms with Crippen LogP contribution >= 0.6 is 0 Å². The van der Waals surface area contributed by atoms with Crippen LogP contribution in [0.1, 0.15) is 35.9 Å². The summed E-state index contributed by atoms with van der Waals surface area (Å²) >= 11 is 0. The van der Waals surface area contributed by atoms with Crippen molar-refractivity contribution in [3.63, 3.8) is 0 Å². The molecule has 0 N–H and O–H groups in total. The van der Waals surface area contributed by atoms with E-state index in [1.807, 2.05) is 25.7 Å². The van der Waals surface area contributed by atoms with E-state index >= 15 is 0 Å². The first kappa shape index (κ1) is 20.9. The van der Waals surface area contributed by atoms with Gasteiger partial charge in [-0.15, -0.1) is 0 Å². The molecule has 31 heavy (non-hydrogen) atoms. The van der Waals surface area contributed by atoms with Crippen molar-refractivity contribution in [2.75, 3.05) is 38.2 Å². The fraction of sp³-hybridized carbons (Fsp3) is 0.455. The molecule has 3 aromatic rings. The summed E-state index contributed by atoms with van der Waals surface area (Å²) < 4.78 is 8.50. The number of hydrogen-bond acceptors (Lipinski definition) is 6. The number of carbonyl (C=O) groups excluding carboxylic acids is 1. The SMILES string of the molecule is COc1ccc(C(=O)N2CCN(c3nc4c(C)nn(C)c4c(=O)n3C(C)C)CC2)cc1. The van der Waals surface area contributed by atoms with Crippen molar-refractivity contribution >= 4 is 22.9 Å². The Balaban J connectivity index is 1.59. The lowest BCUT2D eigenvalue weighted by Crippen LogP contribution is -2.50. The Kier molecular flexibility index (Phi) is 5.43. The largest absolute Gasteiger partial charge is 0.497 e. The molecule has 164 valence electrons. The zero-order valence-corrected chi connectivity index (χ0v) is 18.6. The highest BCUT2D eigenvalue weighted by atomic mass is 16.5. The van der Waals surface area contributed by atoms with E-state index in [4.69, 9.17) is 9.72 Å². The van der Waals surface area contributed by atoms with Gasteiger partial charge in [-0.05, 0) is 45.0 Å². The fourth-order valence-electron chi connectivity index (χ4n) is 4.09. The third-order valence-corrected chi connectivity index (χ3v) is 5.74. The van der Waals surface area contributed by atoms with Gasteiger partial charge in [0.05, 0.1) is 12.8 Å². The normalized spacial score (nSPS) is 14.5. The number of anilines is 1. The Labute approximate surface area is 180 Å². The molecule has 0 saturated carbocycles. The topological polar surface area (TPSA) is 85.5 Å². The van der Waals surface area contributed by atoms with Crippen LogP contribution in [0.5, 0.6) is 5.75 Å². The van der Waals surface area contributed by atoms with Crippen LogP contribution in [0.2, 0.25) is 0 Å². The number of rotatable bonds is 4. The van der Waals surface area contributed by atoms with Gasteiger partial charge in [0.2, 0.25) is 5.95 Å². The Morgan fingerprint density at radius 2 is 1.74 bits per heavy atom. The predicted molar refractivity (Wildman–Crippen MR) is 119 cm³/mol. The van der Waals surface area contributed by atoms with Crippen molar-refractivity contribution in [2.45, 2.75) is 26.8 Å². The van der Waals surface area contributed by atoms with Crippen LogP contribution in [-0.2, 0) is 7.05 Å². The van der Waals surface area contributed by atoms with Crippen LogP contribution in [0.15, 0.2) is 29.1 Å². The molecule has 1 aliphatic heterocycles. The van der Waals surface area contributed by atoms with Crippen LogP contribution in [0.3, 0.4) is 0 Å². The number of amides is 1. The fourth-order valence-corrected chi connectivity index (χ4v) is 4.09. The van der Waals surface area contributed by atoms with Crippen molar-refractivity contribution in [2.24, 2.45) is 7.05 Å². The molecule has 0 atom stereocenters.